The van der Waals surface area contributed by atoms with Crippen molar-refractivity contribution in [3.63, 3.8) is 0 Å². The average molecular weight is 275 g/mol. The van der Waals surface area contributed by atoms with Gasteiger partial charge in [-0.1, -0.05) is 23.2 Å². The Morgan fingerprint density at radius 2 is 2.16 bits per heavy atom. The van der Waals surface area contributed by atoms with Crippen molar-refractivity contribution >= 4 is 17.2 Å². The molecule has 0 N–H and O–H groups in total. The molecule has 2 nitrogen and oxygen atoms in total. The Balaban J connectivity index is 2.36. The van der Waals surface area contributed by atoms with Crippen LogP contribution in [0.3, 0.4) is 0 Å². The Morgan fingerprint density at radius 3 is 2.79 bits per heavy atom. The summed E-state index contributed by atoms with van der Waals surface area (Å²) in [4.78, 5) is 2.18. The van der Waals surface area contributed by atoms with Crippen LogP contribution in [0.4, 0.5) is 0 Å². The lowest BCUT2D eigenvalue weighted by atomic mass is 9.93. The van der Waals surface area contributed by atoms with Crippen LogP contribution in [-0.4, -0.2) is 25.5 Å². The van der Waals surface area contributed by atoms with Crippen LogP contribution < -0.4 is 0 Å². The Bertz CT molecular complexity index is 552. The molecule has 1 aromatic carbocycles. The fourth-order valence-corrected chi connectivity index (χ4v) is 2.87. The molecule has 100 valence electrons. The second-order valence-corrected chi connectivity index (χ2v) is 5.84. The predicted octanol–water partition coefficient (Wildman–Crippen LogP) is 3.76. The number of rotatable bonds is 4. The number of fused-ring (bicyclic) bond motifs is 1. The van der Waals surface area contributed by atoms with E-state index in [-0.39, 0.29) is 5.92 Å². The molecular weight excluding hydrogens is 256 g/mol. The summed E-state index contributed by atoms with van der Waals surface area (Å²) in [5.41, 5.74) is 5.08. The van der Waals surface area contributed by atoms with Crippen LogP contribution in [0, 0.1) is 17.2 Å². The van der Waals surface area contributed by atoms with Crippen molar-refractivity contribution in [3.05, 3.63) is 39.9 Å². The van der Waals surface area contributed by atoms with Gasteiger partial charge < -0.3 is 4.90 Å². The maximum absolute atomic E-state index is 9.25. The highest BCUT2D eigenvalue weighted by Gasteiger charge is 2.25. The van der Waals surface area contributed by atoms with E-state index in [2.05, 4.69) is 31.1 Å². The highest BCUT2D eigenvalue weighted by molar-refractivity contribution is 6.30. The van der Waals surface area contributed by atoms with E-state index in [1.807, 2.05) is 19.1 Å². The summed E-state index contributed by atoms with van der Waals surface area (Å²) in [5, 5.41) is 10.0. The molecule has 0 saturated carbocycles. The summed E-state index contributed by atoms with van der Waals surface area (Å²) in [5.74, 6) is -0.0559. The molecule has 1 unspecified atom stereocenters. The number of nitriles is 1. The van der Waals surface area contributed by atoms with Crippen molar-refractivity contribution in [2.24, 2.45) is 5.92 Å². The van der Waals surface area contributed by atoms with Crippen LogP contribution in [0.25, 0.3) is 5.57 Å². The van der Waals surface area contributed by atoms with Gasteiger partial charge in [0.25, 0.3) is 0 Å². The SMILES string of the molecule is CC(C#N)C1=C(CCN(C)C)Cc2cc(Cl)ccc21. The fraction of sp³-hybridized carbons (Fsp3) is 0.438. The number of halogens is 1. The largest absolute Gasteiger partial charge is 0.309 e. The molecule has 1 atom stereocenters. The van der Waals surface area contributed by atoms with E-state index < -0.39 is 0 Å². The summed E-state index contributed by atoms with van der Waals surface area (Å²) < 4.78 is 0. The van der Waals surface area contributed by atoms with Crippen molar-refractivity contribution in [1.82, 2.24) is 4.90 Å². The highest BCUT2D eigenvalue weighted by Crippen LogP contribution is 2.39. The summed E-state index contributed by atoms with van der Waals surface area (Å²) in [6.07, 6.45) is 1.95. The zero-order chi connectivity index (χ0) is 14.0. The zero-order valence-electron chi connectivity index (χ0n) is 11.7. The summed E-state index contributed by atoms with van der Waals surface area (Å²) >= 11 is 6.07. The molecular formula is C16H19ClN2. The minimum Gasteiger partial charge on any atom is -0.309 e. The van der Waals surface area contributed by atoms with E-state index in [1.165, 1.54) is 22.3 Å². The molecule has 19 heavy (non-hydrogen) atoms. The average Bonchev–Trinajstić information content (AvgIpc) is 2.72. The highest BCUT2D eigenvalue weighted by atomic mass is 35.5. The number of benzene rings is 1. The van der Waals surface area contributed by atoms with Gasteiger partial charge in [0.1, 0.15) is 0 Å². The van der Waals surface area contributed by atoms with Gasteiger partial charge in [0.05, 0.1) is 12.0 Å². The van der Waals surface area contributed by atoms with E-state index >= 15 is 0 Å². The minimum atomic E-state index is -0.0559. The second kappa shape index (κ2) is 5.77. The van der Waals surface area contributed by atoms with Crippen LogP contribution in [0.1, 0.15) is 24.5 Å². The van der Waals surface area contributed by atoms with Gasteiger partial charge in [-0.2, -0.15) is 5.26 Å². The van der Waals surface area contributed by atoms with Crippen LogP contribution >= 0.6 is 11.6 Å². The number of nitrogens with zero attached hydrogens (tertiary/aromatic N) is 2. The van der Waals surface area contributed by atoms with Crippen LogP contribution in [0.15, 0.2) is 23.8 Å². The summed E-state index contributed by atoms with van der Waals surface area (Å²) in [7, 11) is 4.15. The van der Waals surface area contributed by atoms with E-state index in [0.717, 1.165) is 24.4 Å². The van der Waals surface area contributed by atoms with Gasteiger partial charge in [-0.3, -0.25) is 0 Å². The Hall–Kier alpha value is -1.30. The van der Waals surface area contributed by atoms with Crippen molar-refractivity contribution < 1.29 is 0 Å². The second-order valence-electron chi connectivity index (χ2n) is 5.40. The van der Waals surface area contributed by atoms with Gasteiger partial charge in [-0.15, -0.1) is 0 Å². The summed E-state index contributed by atoms with van der Waals surface area (Å²) in [6.45, 7) is 2.99. The lowest BCUT2D eigenvalue weighted by Crippen LogP contribution is -2.14. The first kappa shape index (κ1) is 14.1. The van der Waals surface area contributed by atoms with Crippen LogP contribution in [0.5, 0.6) is 0 Å². The molecule has 1 aliphatic carbocycles. The van der Waals surface area contributed by atoms with Gasteiger partial charge >= 0.3 is 0 Å². The van der Waals surface area contributed by atoms with Crippen molar-refractivity contribution in [2.45, 2.75) is 19.8 Å². The molecule has 0 fully saturated rings. The van der Waals surface area contributed by atoms with Crippen molar-refractivity contribution in [3.8, 4) is 6.07 Å². The van der Waals surface area contributed by atoms with Gasteiger partial charge in [0.15, 0.2) is 0 Å². The molecule has 0 aliphatic heterocycles. The standard InChI is InChI=1S/C16H19ClN2/c1-11(10-18)16-12(6-7-19(2)3)8-13-9-14(17)4-5-15(13)16/h4-5,9,11H,6-8H2,1-3H3. The molecule has 0 saturated heterocycles. The molecule has 1 aromatic rings. The Labute approximate surface area is 120 Å². The third-order valence-electron chi connectivity index (χ3n) is 3.63. The van der Waals surface area contributed by atoms with E-state index in [9.17, 15) is 5.26 Å². The van der Waals surface area contributed by atoms with Gasteiger partial charge in [-0.25, -0.2) is 0 Å². The predicted molar refractivity (Wildman–Crippen MR) is 80.0 cm³/mol. The maximum atomic E-state index is 9.25. The van der Waals surface area contributed by atoms with E-state index in [0.29, 0.717) is 0 Å². The third kappa shape index (κ3) is 3.00. The lowest BCUT2D eigenvalue weighted by molar-refractivity contribution is 0.412. The molecule has 0 heterocycles. The topological polar surface area (TPSA) is 27.0 Å². The molecule has 3 heteroatoms. The zero-order valence-corrected chi connectivity index (χ0v) is 12.5. The van der Waals surface area contributed by atoms with Crippen LogP contribution in [0.2, 0.25) is 5.02 Å². The maximum Gasteiger partial charge on any atom is 0.0701 e. The third-order valence-corrected chi connectivity index (χ3v) is 3.86. The number of allylic oxidation sites excluding steroid dienone is 1. The quantitative estimate of drug-likeness (QED) is 0.836. The van der Waals surface area contributed by atoms with Crippen molar-refractivity contribution in [1.29, 1.82) is 5.26 Å². The summed E-state index contributed by atoms with van der Waals surface area (Å²) in [6, 6.07) is 8.38. The van der Waals surface area contributed by atoms with Gasteiger partial charge in [-0.05, 0) is 62.7 Å². The van der Waals surface area contributed by atoms with Crippen LogP contribution in [-0.2, 0) is 6.42 Å². The monoisotopic (exact) mass is 274 g/mol. The molecule has 2 rings (SSSR count). The lowest BCUT2D eigenvalue weighted by Gasteiger charge is -2.13. The Morgan fingerprint density at radius 1 is 1.42 bits per heavy atom. The first-order chi connectivity index (χ1) is 9.02. The molecule has 0 aromatic heterocycles. The smallest absolute Gasteiger partial charge is 0.0701 e. The first-order valence-corrected chi connectivity index (χ1v) is 6.95. The van der Waals surface area contributed by atoms with E-state index in [1.54, 1.807) is 0 Å². The van der Waals surface area contributed by atoms with E-state index in [4.69, 9.17) is 11.6 Å². The number of hydrogen-bond donors (Lipinski definition) is 0. The van der Waals surface area contributed by atoms with Gasteiger partial charge in [0.2, 0.25) is 0 Å². The molecule has 0 spiro atoms. The first-order valence-electron chi connectivity index (χ1n) is 6.58. The normalized spacial score (nSPS) is 15.6. The Kier molecular flexibility index (Phi) is 4.29. The minimum absolute atomic E-state index is 0.0559. The fourth-order valence-electron chi connectivity index (χ4n) is 2.67. The number of hydrogen-bond acceptors (Lipinski definition) is 2. The molecule has 0 radical (unpaired) electrons. The molecule has 0 bridgehead atoms. The molecule has 1 aliphatic rings. The van der Waals surface area contributed by atoms with Gasteiger partial charge in [0, 0.05) is 11.6 Å². The van der Waals surface area contributed by atoms with Crippen molar-refractivity contribution in [2.75, 3.05) is 20.6 Å². The molecule has 0 amide bonds.